The van der Waals surface area contributed by atoms with E-state index in [1.165, 1.54) is 43.6 Å². The zero-order chi connectivity index (χ0) is 12.1. The minimum absolute atomic E-state index is 0.555. The molecule has 17 heavy (non-hydrogen) atoms. The molecule has 98 valence electrons. The lowest BCUT2D eigenvalue weighted by Gasteiger charge is -2.41. The van der Waals surface area contributed by atoms with Crippen molar-refractivity contribution in [3.8, 4) is 0 Å². The van der Waals surface area contributed by atoms with Gasteiger partial charge in [-0.05, 0) is 54.6 Å². The van der Waals surface area contributed by atoms with Gasteiger partial charge in [0, 0.05) is 17.8 Å². The molecule has 1 saturated heterocycles. The number of thioether (sulfide) groups is 1. The van der Waals surface area contributed by atoms with Crippen molar-refractivity contribution in [1.82, 2.24) is 5.32 Å². The van der Waals surface area contributed by atoms with Crippen LogP contribution in [0.4, 0.5) is 0 Å². The SMILES string of the molecule is CC1(C)C2CCC1(C)C(NC1CCCSC1)C2. The van der Waals surface area contributed by atoms with E-state index in [1.54, 1.807) is 0 Å². The predicted molar refractivity (Wildman–Crippen MR) is 76.5 cm³/mol. The Morgan fingerprint density at radius 2 is 2.00 bits per heavy atom. The highest BCUT2D eigenvalue weighted by Crippen LogP contribution is 2.65. The van der Waals surface area contributed by atoms with E-state index in [1.807, 2.05) is 0 Å². The van der Waals surface area contributed by atoms with E-state index >= 15 is 0 Å². The molecule has 0 aromatic carbocycles. The third-order valence-electron chi connectivity index (χ3n) is 6.39. The van der Waals surface area contributed by atoms with E-state index in [4.69, 9.17) is 0 Å². The minimum Gasteiger partial charge on any atom is -0.310 e. The summed E-state index contributed by atoms with van der Waals surface area (Å²) in [4.78, 5) is 0. The van der Waals surface area contributed by atoms with Crippen LogP contribution in [0.1, 0.15) is 52.9 Å². The Bertz CT molecular complexity index is 295. The molecule has 0 spiro atoms. The summed E-state index contributed by atoms with van der Waals surface area (Å²) in [5, 5.41) is 4.02. The molecule has 1 heterocycles. The largest absolute Gasteiger partial charge is 0.310 e. The maximum absolute atomic E-state index is 4.02. The maximum atomic E-state index is 4.02. The van der Waals surface area contributed by atoms with Gasteiger partial charge in [-0.25, -0.2) is 0 Å². The molecule has 2 heteroatoms. The molecule has 1 aliphatic heterocycles. The van der Waals surface area contributed by atoms with Crippen molar-refractivity contribution >= 4 is 11.8 Å². The lowest BCUT2D eigenvalue weighted by atomic mass is 9.69. The molecule has 2 aliphatic carbocycles. The normalized spacial score (nSPS) is 48.5. The fourth-order valence-corrected chi connectivity index (χ4v) is 5.70. The molecule has 3 rings (SSSR count). The van der Waals surface area contributed by atoms with E-state index in [0.29, 0.717) is 10.8 Å². The number of nitrogens with one attached hydrogen (secondary N) is 1. The van der Waals surface area contributed by atoms with Gasteiger partial charge < -0.3 is 5.32 Å². The first-order valence-electron chi connectivity index (χ1n) is 7.38. The van der Waals surface area contributed by atoms with Gasteiger partial charge in [0.05, 0.1) is 0 Å². The van der Waals surface area contributed by atoms with Crippen molar-refractivity contribution in [2.24, 2.45) is 16.7 Å². The highest BCUT2D eigenvalue weighted by molar-refractivity contribution is 7.99. The summed E-state index contributed by atoms with van der Waals surface area (Å²) in [6, 6.07) is 1.59. The van der Waals surface area contributed by atoms with Crippen LogP contribution in [0.3, 0.4) is 0 Å². The molecule has 1 N–H and O–H groups in total. The number of hydrogen-bond donors (Lipinski definition) is 1. The average molecular weight is 253 g/mol. The zero-order valence-corrected chi connectivity index (χ0v) is 12.4. The second kappa shape index (κ2) is 4.16. The molecule has 4 unspecified atom stereocenters. The summed E-state index contributed by atoms with van der Waals surface area (Å²) in [5.74, 6) is 3.70. The van der Waals surface area contributed by atoms with Crippen molar-refractivity contribution in [2.45, 2.75) is 65.0 Å². The van der Waals surface area contributed by atoms with Crippen LogP contribution in [0.15, 0.2) is 0 Å². The maximum Gasteiger partial charge on any atom is 0.0161 e. The lowest BCUT2D eigenvalue weighted by Crippen LogP contribution is -2.49. The van der Waals surface area contributed by atoms with Crippen LogP contribution in [-0.2, 0) is 0 Å². The number of fused-ring (bicyclic) bond motifs is 2. The van der Waals surface area contributed by atoms with E-state index in [9.17, 15) is 0 Å². The molecule has 3 fully saturated rings. The lowest BCUT2D eigenvalue weighted by molar-refractivity contribution is 0.115. The molecule has 0 aromatic rings. The molecule has 3 aliphatic rings. The van der Waals surface area contributed by atoms with Crippen LogP contribution in [0.25, 0.3) is 0 Å². The molecule has 0 radical (unpaired) electrons. The van der Waals surface area contributed by atoms with Gasteiger partial charge in [0.25, 0.3) is 0 Å². The van der Waals surface area contributed by atoms with E-state index in [0.717, 1.165) is 18.0 Å². The average Bonchev–Trinajstić information content (AvgIpc) is 2.63. The topological polar surface area (TPSA) is 12.0 Å². The zero-order valence-electron chi connectivity index (χ0n) is 11.6. The van der Waals surface area contributed by atoms with Crippen LogP contribution in [-0.4, -0.2) is 23.6 Å². The summed E-state index contributed by atoms with van der Waals surface area (Å²) >= 11 is 2.14. The second-order valence-electron chi connectivity index (χ2n) is 7.24. The summed E-state index contributed by atoms with van der Waals surface area (Å²) in [6.07, 6.45) is 7.18. The fraction of sp³-hybridized carbons (Fsp3) is 1.00. The van der Waals surface area contributed by atoms with E-state index < -0.39 is 0 Å². The van der Waals surface area contributed by atoms with Gasteiger partial charge in [0.1, 0.15) is 0 Å². The van der Waals surface area contributed by atoms with Gasteiger partial charge in [0.2, 0.25) is 0 Å². The highest BCUT2D eigenvalue weighted by atomic mass is 32.2. The second-order valence-corrected chi connectivity index (χ2v) is 8.39. The van der Waals surface area contributed by atoms with Gasteiger partial charge in [-0.1, -0.05) is 20.8 Å². The van der Waals surface area contributed by atoms with Crippen molar-refractivity contribution in [3.63, 3.8) is 0 Å². The first-order chi connectivity index (χ1) is 8.04. The predicted octanol–water partition coefficient (Wildman–Crippen LogP) is 3.69. The van der Waals surface area contributed by atoms with Gasteiger partial charge in [-0.15, -0.1) is 0 Å². The van der Waals surface area contributed by atoms with Crippen LogP contribution in [0.5, 0.6) is 0 Å². The smallest absolute Gasteiger partial charge is 0.0161 e. The van der Waals surface area contributed by atoms with Crippen molar-refractivity contribution in [2.75, 3.05) is 11.5 Å². The fourth-order valence-electron chi connectivity index (χ4n) is 4.61. The van der Waals surface area contributed by atoms with Gasteiger partial charge in [-0.2, -0.15) is 11.8 Å². The molecule has 1 nitrogen and oxygen atoms in total. The highest BCUT2D eigenvalue weighted by Gasteiger charge is 2.61. The van der Waals surface area contributed by atoms with Crippen LogP contribution in [0, 0.1) is 16.7 Å². The standard InChI is InChI=1S/C15H27NS/c1-14(2)11-6-7-15(14,3)13(9-11)16-12-5-4-8-17-10-12/h11-13,16H,4-10H2,1-3H3. The van der Waals surface area contributed by atoms with E-state index in [-0.39, 0.29) is 0 Å². The summed E-state index contributed by atoms with van der Waals surface area (Å²) < 4.78 is 0. The molecule has 4 atom stereocenters. The summed E-state index contributed by atoms with van der Waals surface area (Å²) in [6.45, 7) is 7.58. The third-order valence-corrected chi connectivity index (χ3v) is 7.61. The monoisotopic (exact) mass is 253 g/mol. The molecular formula is C15H27NS. The Morgan fingerprint density at radius 3 is 2.53 bits per heavy atom. The Hall–Kier alpha value is 0.310. The molecule has 2 saturated carbocycles. The van der Waals surface area contributed by atoms with E-state index in [2.05, 4.69) is 37.8 Å². The van der Waals surface area contributed by atoms with Gasteiger partial charge in [-0.3, -0.25) is 0 Å². The van der Waals surface area contributed by atoms with Crippen molar-refractivity contribution in [1.29, 1.82) is 0 Å². The van der Waals surface area contributed by atoms with Gasteiger partial charge >= 0.3 is 0 Å². The molecule has 2 bridgehead atoms. The number of rotatable bonds is 2. The van der Waals surface area contributed by atoms with Crippen LogP contribution < -0.4 is 5.32 Å². The first kappa shape index (κ1) is 12.3. The Kier molecular flexibility index (Phi) is 3.02. The van der Waals surface area contributed by atoms with Gasteiger partial charge in [0.15, 0.2) is 0 Å². The molecular weight excluding hydrogens is 226 g/mol. The Morgan fingerprint density at radius 1 is 1.18 bits per heavy atom. The first-order valence-corrected chi connectivity index (χ1v) is 8.53. The van der Waals surface area contributed by atoms with Crippen molar-refractivity contribution in [3.05, 3.63) is 0 Å². The Balaban J connectivity index is 1.69. The molecule has 0 amide bonds. The van der Waals surface area contributed by atoms with Crippen LogP contribution >= 0.6 is 11.8 Å². The summed E-state index contributed by atoms with van der Waals surface area (Å²) in [5.41, 5.74) is 1.12. The van der Waals surface area contributed by atoms with Crippen LogP contribution in [0.2, 0.25) is 0 Å². The quantitative estimate of drug-likeness (QED) is 0.805. The minimum atomic E-state index is 0.555. The summed E-state index contributed by atoms with van der Waals surface area (Å²) in [7, 11) is 0. The molecule has 0 aromatic heterocycles. The third kappa shape index (κ3) is 1.78. The van der Waals surface area contributed by atoms with Crippen molar-refractivity contribution < 1.29 is 0 Å². The number of hydrogen-bond acceptors (Lipinski definition) is 2. The Labute approximate surface area is 111 Å².